The van der Waals surface area contributed by atoms with E-state index >= 15 is 0 Å². The molecule has 1 saturated carbocycles. The molecule has 76 valence electrons. The van der Waals surface area contributed by atoms with Crippen LogP contribution in [0.1, 0.15) is 27.2 Å². The summed E-state index contributed by atoms with van der Waals surface area (Å²) in [6.07, 6.45) is 1.04. The lowest BCUT2D eigenvalue weighted by Crippen LogP contribution is -2.47. The second kappa shape index (κ2) is 3.49. The Hall–Kier alpha value is -0.240. The number of carbonyl (C=O) groups is 1. The molecule has 0 spiro atoms. The highest BCUT2D eigenvalue weighted by molar-refractivity contribution is 6.18. The Kier molecular flexibility index (Phi) is 2.91. The van der Waals surface area contributed by atoms with Gasteiger partial charge in [-0.3, -0.25) is 4.79 Å². The molecule has 0 aliphatic heterocycles. The average molecular weight is 204 g/mol. The summed E-state index contributed by atoms with van der Waals surface area (Å²) in [6, 6.07) is 0. The van der Waals surface area contributed by atoms with Crippen molar-refractivity contribution < 1.29 is 4.79 Å². The quantitative estimate of drug-likeness (QED) is 0.644. The molecule has 1 rings (SSSR count). The molecule has 2 nitrogen and oxygen atoms in total. The molecule has 0 saturated heterocycles. The van der Waals surface area contributed by atoms with Gasteiger partial charge in [0.25, 0.3) is 0 Å². The second-order valence-corrected chi connectivity index (χ2v) is 4.93. The van der Waals surface area contributed by atoms with Gasteiger partial charge in [-0.15, -0.1) is 11.6 Å². The zero-order chi connectivity index (χ0) is 10.2. The first-order valence-corrected chi connectivity index (χ1v) is 5.27. The van der Waals surface area contributed by atoms with Gasteiger partial charge in [-0.1, -0.05) is 6.92 Å². The maximum absolute atomic E-state index is 11.8. The van der Waals surface area contributed by atoms with E-state index in [4.69, 9.17) is 11.6 Å². The Bertz CT molecular complexity index is 215. The lowest BCUT2D eigenvalue weighted by atomic mass is 10.1. The van der Waals surface area contributed by atoms with E-state index in [1.165, 1.54) is 0 Å². The van der Waals surface area contributed by atoms with Crippen LogP contribution in [0.25, 0.3) is 0 Å². The highest BCUT2D eigenvalue weighted by Crippen LogP contribution is 2.40. The second-order valence-electron chi connectivity index (χ2n) is 4.66. The van der Waals surface area contributed by atoms with Crippen LogP contribution in [-0.2, 0) is 4.79 Å². The van der Waals surface area contributed by atoms with E-state index in [1.807, 2.05) is 20.9 Å². The Morgan fingerprint density at radius 3 is 2.38 bits per heavy atom. The van der Waals surface area contributed by atoms with Crippen molar-refractivity contribution in [2.75, 3.05) is 12.9 Å². The Labute approximate surface area is 85.2 Å². The fraction of sp³-hybridized carbons (Fsp3) is 0.900. The summed E-state index contributed by atoms with van der Waals surface area (Å²) >= 11 is 5.80. The van der Waals surface area contributed by atoms with Crippen LogP contribution < -0.4 is 0 Å². The number of carbonyl (C=O) groups excluding carboxylic acids is 1. The maximum Gasteiger partial charge on any atom is 0.226 e. The first-order chi connectivity index (χ1) is 5.90. The minimum absolute atomic E-state index is 0.221. The first-order valence-electron chi connectivity index (χ1n) is 4.74. The van der Waals surface area contributed by atoms with Crippen molar-refractivity contribution in [2.45, 2.75) is 32.7 Å². The summed E-state index contributed by atoms with van der Waals surface area (Å²) in [5.41, 5.74) is -0.221. The Morgan fingerprint density at radius 1 is 1.62 bits per heavy atom. The van der Waals surface area contributed by atoms with Gasteiger partial charge in [-0.25, -0.2) is 0 Å². The molecule has 1 aliphatic carbocycles. The van der Waals surface area contributed by atoms with Crippen LogP contribution in [0.5, 0.6) is 0 Å². The monoisotopic (exact) mass is 203 g/mol. The Morgan fingerprint density at radius 2 is 2.08 bits per heavy atom. The zero-order valence-electron chi connectivity index (χ0n) is 8.80. The molecule has 0 heterocycles. The molecule has 1 fully saturated rings. The van der Waals surface area contributed by atoms with Crippen LogP contribution in [0.15, 0.2) is 0 Å². The van der Waals surface area contributed by atoms with Crippen LogP contribution in [-0.4, -0.2) is 29.3 Å². The highest BCUT2D eigenvalue weighted by Gasteiger charge is 2.43. The summed E-state index contributed by atoms with van der Waals surface area (Å²) in [5.74, 6) is 1.56. The summed E-state index contributed by atoms with van der Waals surface area (Å²) in [4.78, 5) is 13.6. The van der Waals surface area contributed by atoms with Crippen LogP contribution >= 0.6 is 11.6 Å². The lowest BCUT2D eigenvalue weighted by Gasteiger charge is -2.34. The predicted molar refractivity (Wildman–Crippen MR) is 54.8 cm³/mol. The molecule has 0 aromatic rings. The van der Waals surface area contributed by atoms with E-state index in [2.05, 4.69) is 6.92 Å². The molecular weight excluding hydrogens is 186 g/mol. The number of hydrogen-bond donors (Lipinski definition) is 0. The van der Waals surface area contributed by atoms with Crippen molar-refractivity contribution in [3.05, 3.63) is 0 Å². The van der Waals surface area contributed by atoms with Crippen molar-refractivity contribution in [3.8, 4) is 0 Å². The van der Waals surface area contributed by atoms with Crippen molar-refractivity contribution in [3.63, 3.8) is 0 Å². The first kappa shape index (κ1) is 10.8. The molecule has 0 aromatic heterocycles. The lowest BCUT2D eigenvalue weighted by molar-refractivity contribution is -0.135. The van der Waals surface area contributed by atoms with Gasteiger partial charge in [-0.05, 0) is 26.2 Å². The summed E-state index contributed by atoms with van der Waals surface area (Å²) in [5, 5.41) is 0. The predicted octanol–water partition coefficient (Wildman–Crippen LogP) is 2.12. The fourth-order valence-corrected chi connectivity index (χ4v) is 1.48. The standard InChI is InChI=1S/C10H18ClNO/c1-7-5-8(7)9(13)12(4)10(2,3)6-11/h7-8H,5-6H2,1-4H3. The number of halogens is 1. The van der Waals surface area contributed by atoms with E-state index in [0.29, 0.717) is 11.8 Å². The number of amides is 1. The third-order valence-corrected chi connectivity index (χ3v) is 3.65. The molecule has 13 heavy (non-hydrogen) atoms. The van der Waals surface area contributed by atoms with Gasteiger partial charge < -0.3 is 4.90 Å². The van der Waals surface area contributed by atoms with E-state index in [-0.39, 0.29) is 17.4 Å². The summed E-state index contributed by atoms with van der Waals surface area (Å²) in [7, 11) is 1.84. The number of alkyl halides is 1. The minimum Gasteiger partial charge on any atom is -0.339 e. The molecule has 1 aliphatic rings. The SMILES string of the molecule is CC1CC1C(=O)N(C)C(C)(C)CCl. The third-order valence-electron chi connectivity index (χ3n) is 2.99. The van der Waals surface area contributed by atoms with Crippen LogP contribution in [0.3, 0.4) is 0 Å². The van der Waals surface area contributed by atoms with Crippen molar-refractivity contribution in [1.82, 2.24) is 4.90 Å². The van der Waals surface area contributed by atoms with Crippen molar-refractivity contribution in [2.24, 2.45) is 11.8 Å². The van der Waals surface area contributed by atoms with Gasteiger partial charge in [-0.2, -0.15) is 0 Å². The molecule has 2 atom stereocenters. The fourth-order valence-electron chi connectivity index (χ4n) is 1.30. The van der Waals surface area contributed by atoms with Crippen molar-refractivity contribution >= 4 is 17.5 Å². The van der Waals surface area contributed by atoms with E-state index in [9.17, 15) is 4.79 Å². The molecular formula is C10H18ClNO. The topological polar surface area (TPSA) is 20.3 Å². The number of nitrogens with zero attached hydrogens (tertiary/aromatic N) is 1. The highest BCUT2D eigenvalue weighted by atomic mass is 35.5. The largest absolute Gasteiger partial charge is 0.339 e. The van der Waals surface area contributed by atoms with E-state index < -0.39 is 0 Å². The average Bonchev–Trinajstić information content (AvgIpc) is 2.80. The van der Waals surface area contributed by atoms with Crippen LogP contribution in [0.2, 0.25) is 0 Å². The van der Waals surface area contributed by atoms with Gasteiger partial charge in [0.05, 0.1) is 5.54 Å². The van der Waals surface area contributed by atoms with Gasteiger partial charge >= 0.3 is 0 Å². The van der Waals surface area contributed by atoms with Gasteiger partial charge in [0.1, 0.15) is 0 Å². The normalized spacial score (nSPS) is 27.2. The van der Waals surface area contributed by atoms with Crippen molar-refractivity contribution in [1.29, 1.82) is 0 Å². The molecule has 0 radical (unpaired) electrons. The molecule has 0 bridgehead atoms. The Balaban J connectivity index is 2.57. The zero-order valence-corrected chi connectivity index (χ0v) is 9.56. The van der Waals surface area contributed by atoms with Crippen LogP contribution in [0, 0.1) is 11.8 Å². The van der Waals surface area contributed by atoms with Gasteiger partial charge in [0.2, 0.25) is 5.91 Å². The molecule has 3 heteroatoms. The summed E-state index contributed by atoms with van der Waals surface area (Å²) < 4.78 is 0. The smallest absolute Gasteiger partial charge is 0.226 e. The molecule has 2 unspecified atom stereocenters. The minimum atomic E-state index is -0.221. The van der Waals surface area contributed by atoms with Crippen LogP contribution in [0.4, 0.5) is 0 Å². The molecule has 1 amide bonds. The van der Waals surface area contributed by atoms with E-state index in [1.54, 1.807) is 4.90 Å². The third kappa shape index (κ3) is 2.16. The van der Waals surface area contributed by atoms with E-state index in [0.717, 1.165) is 6.42 Å². The van der Waals surface area contributed by atoms with Gasteiger partial charge in [0, 0.05) is 18.8 Å². The number of rotatable bonds is 3. The molecule has 0 N–H and O–H groups in total. The maximum atomic E-state index is 11.8. The number of hydrogen-bond acceptors (Lipinski definition) is 1. The van der Waals surface area contributed by atoms with Gasteiger partial charge in [0.15, 0.2) is 0 Å². The summed E-state index contributed by atoms with van der Waals surface area (Å²) in [6.45, 7) is 6.10. The molecule has 0 aromatic carbocycles.